The minimum Gasteiger partial charge on any atom is -0.325 e. The van der Waals surface area contributed by atoms with Crippen LogP contribution < -0.4 is 5.32 Å². The van der Waals surface area contributed by atoms with E-state index in [1.165, 1.54) is 9.54 Å². The van der Waals surface area contributed by atoms with Crippen molar-refractivity contribution >= 4 is 44.4 Å². The van der Waals surface area contributed by atoms with Gasteiger partial charge in [-0.2, -0.15) is 0 Å². The van der Waals surface area contributed by atoms with Gasteiger partial charge in [0.15, 0.2) is 5.16 Å². The molecule has 0 unspecified atom stereocenters. The van der Waals surface area contributed by atoms with Crippen molar-refractivity contribution in [1.29, 1.82) is 0 Å². The van der Waals surface area contributed by atoms with E-state index in [2.05, 4.69) is 24.1 Å². The Morgan fingerprint density at radius 3 is 2.33 bits per heavy atom. The fourth-order valence-electron chi connectivity index (χ4n) is 3.40. The summed E-state index contributed by atoms with van der Waals surface area (Å²) in [7, 11) is -3.89. The Morgan fingerprint density at radius 1 is 1.00 bits per heavy atom. The van der Waals surface area contributed by atoms with E-state index in [0.29, 0.717) is 22.6 Å². The van der Waals surface area contributed by atoms with Crippen molar-refractivity contribution in [3.8, 4) is 0 Å². The van der Waals surface area contributed by atoms with E-state index in [0.717, 1.165) is 17.3 Å². The van der Waals surface area contributed by atoms with Crippen LogP contribution in [0.1, 0.15) is 30.9 Å². The Labute approximate surface area is 198 Å². The second-order valence-electron chi connectivity index (χ2n) is 8.08. The largest absolute Gasteiger partial charge is 0.325 e. The lowest BCUT2D eigenvalue weighted by molar-refractivity contribution is -0.113. The molecule has 1 heterocycles. The maximum absolute atomic E-state index is 13.5. The molecule has 1 N–H and O–H groups in total. The number of aryl methyl sites for hydroxylation is 1. The van der Waals surface area contributed by atoms with E-state index in [-0.39, 0.29) is 21.7 Å². The van der Waals surface area contributed by atoms with Crippen molar-refractivity contribution in [1.82, 2.24) is 8.96 Å². The molecular weight excluding hydrogens is 454 g/mol. The Morgan fingerprint density at radius 2 is 1.67 bits per heavy atom. The molecule has 0 radical (unpaired) electrons. The van der Waals surface area contributed by atoms with Crippen molar-refractivity contribution < 1.29 is 13.2 Å². The maximum atomic E-state index is 13.5. The summed E-state index contributed by atoms with van der Waals surface area (Å²) in [6.45, 7) is 6.13. The standard InChI is InChI=1S/C25H25N3O3S2/c1-17(2)19-10-12-20(13-11-19)26-24(29)16-32-25-27-22-6-4-5-7-23(22)28(25)33(30,31)21-14-8-18(3)9-15-21/h4-15,17H,16H2,1-3H3,(H,26,29). The van der Waals surface area contributed by atoms with Crippen LogP contribution in [0.5, 0.6) is 0 Å². The molecule has 0 fully saturated rings. The summed E-state index contributed by atoms with van der Waals surface area (Å²) in [6.07, 6.45) is 0. The van der Waals surface area contributed by atoms with E-state index in [9.17, 15) is 13.2 Å². The molecule has 0 spiro atoms. The fraction of sp³-hybridized carbons (Fsp3) is 0.200. The van der Waals surface area contributed by atoms with Crippen molar-refractivity contribution in [3.05, 3.63) is 83.9 Å². The number of aromatic nitrogens is 2. The van der Waals surface area contributed by atoms with Gasteiger partial charge in [0.2, 0.25) is 5.91 Å². The number of nitrogens with zero attached hydrogens (tertiary/aromatic N) is 2. The van der Waals surface area contributed by atoms with Gasteiger partial charge in [-0.1, -0.05) is 67.6 Å². The highest BCUT2D eigenvalue weighted by molar-refractivity contribution is 8.00. The number of imidazole rings is 1. The van der Waals surface area contributed by atoms with Crippen LogP contribution in [-0.2, 0) is 14.8 Å². The monoisotopic (exact) mass is 479 g/mol. The first kappa shape index (κ1) is 23.1. The van der Waals surface area contributed by atoms with E-state index in [4.69, 9.17) is 0 Å². The number of para-hydroxylation sites is 2. The smallest absolute Gasteiger partial charge is 0.270 e. The second kappa shape index (κ2) is 9.41. The van der Waals surface area contributed by atoms with Crippen molar-refractivity contribution in [2.24, 2.45) is 0 Å². The molecule has 0 saturated carbocycles. The van der Waals surface area contributed by atoms with Gasteiger partial charge in [0.1, 0.15) is 0 Å². The molecule has 3 aromatic carbocycles. The lowest BCUT2D eigenvalue weighted by Gasteiger charge is -2.11. The van der Waals surface area contributed by atoms with Gasteiger partial charge in [0, 0.05) is 5.69 Å². The quantitative estimate of drug-likeness (QED) is 0.357. The predicted molar refractivity (Wildman–Crippen MR) is 133 cm³/mol. The summed E-state index contributed by atoms with van der Waals surface area (Å²) in [5, 5.41) is 3.11. The number of fused-ring (bicyclic) bond motifs is 1. The number of benzene rings is 3. The number of rotatable bonds is 7. The van der Waals surface area contributed by atoms with Crippen LogP contribution in [0.25, 0.3) is 11.0 Å². The number of hydrogen-bond acceptors (Lipinski definition) is 5. The normalized spacial score (nSPS) is 11.8. The average Bonchev–Trinajstić information content (AvgIpc) is 3.17. The van der Waals surface area contributed by atoms with E-state index in [1.54, 1.807) is 48.5 Å². The van der Waals surface area contributed by atoms with Gasteiger partial charge < -0.3 is 5.32 Å². The Hall–Kier alpha value is -3.10. The molecule has 1 aromatic heterocycles. The van der Waals surface area contributed by atoms with Crippen LogP contribution in [0.15, 0.2) is 82.8 Å². The van der Waals surface area contributed by atoms with Gasteiger partial charge in [-0.25, -0.2) is 17.4 Å². The number of thioether (sulfide) groups is 1. The minimum absolute atomic E-state index is 0.0265. The summed E-state index contributed by atoms with van der Waals surface area (Å²) < 4.78 is 28.2. The van der Waals surface area contributed by atoms with Gasteiger partial charge in [-0.05, 0) is 54.8 Å². The zero-order chi connectivity index (χ0) is 23.6. The van der Waals surface area contributed by atoms with Crippen LogP contribution >= 0.6 is 11.8 Å². The molecule has 8 heteroatoms. The molecule has 170 valence electrons. The minimum atomic E-state index is -3.89. The fourth-order valence-corrected chi connectivity index (χ4v) is 5.91. The zero-order valence-corrected chi connectivity index (χ0v) is 20.3. The lowest BCUT2D eigenvalue weighted by Crippen LogP contribution is -2.17. The Balaban J connectivity index is 1.59. The molecule has 6 nitrogen and oxygen atoms in total. The van der Waals surface area contributed by atoms with Crippen molar-refractivity contribution in [2.75, 3.05) is 11.1 Å². The first-order chi connectivity index (χ1) is 15.8. The molecule has 33 heavy (non-hydrogen) atoms. The molecular formula is C25H25N3O3S2. The Kier molecular flexibility index (Phi) is 6.58. The van der Waals surface area contributed by atoms with Crippen molar-refractivity contribution in [2.45, 2.75) is 36.7 Å². The van der Waals surface area contributed by atoms with Crippen LogP contribution in [0, 0.1) is 6.92 Å². The van der Waals surface area contributed by atoms with Gasteiger partial charge >= 0.3 is 0 Å². The number of hydrogen-bond donors (Lipinski definition) is 1. The van der Waals surface area contributed by atoms with E-state index < -0.39 is 10.0 Å². The second-order valence-corrected chi connectivity index (χ2v) is 10.8. The summed E-state index contributed by atoms with van der Waals surface area (Å²) in [5.74, 6) is 0.205. The highest BCUT2D eigenvalue weighted by Crippen LogP contribution is 2.29. The molecule has 0 aliphatic rings. The molecule has 0 bridgehead atoms. The van der Waals surface area contributed by atoms with E-state index >= 15 is 0 Å². The predicted octanol–water partition coefficient (Wildman–Crippen LogP) is 5.44. The van der Waals surface area contributed by atoms with Crippen LogP contribution in [0.2, 0.25) is 0 Å². The topological polar surface area (TPSA) is 81.1 Å². The zero-order valence-electron chi connectivity index (χ0n) is 18.6. The van der Waals surface area contributed by atoms with Crippen molar-refractivity contribution in [3.63, 3.8) is 0 Å². The molecule has 0 atom stereocenters. The van der Waals surface area contributed by atoms with Crippen LogP contribution in [-0.4, -0.2) is 29.0 Å². The number of carbonyl (C=O) groups excluding carboxylic acids is 1. The van der Waals surface area contributed by atoms with E-state index in [1.807, 2.05) is 31.2 Å². The molecule has 0 aliphatic heterocycles. The van der Waals surface area contributed by atoms with Gasteiger partial charge in [0.25, 0.3) is 10.0 Å². The lowest BCUT2D eigenvalue weighted by atomic mass is 10.0. The summed E-state index contributed by atoms with van der Waals surface area (Å²) in [5.41, 5.74) is 3.89. The molecule has 1 amide bonds. The van der Waals surface area contributed by atoms with Gasteiger partial charge in [-0.15, -0.1) is 0 Å². The number of amides is 1. The van der Waals surface area contributed by atoms with Crippen LogP contribution in [0.3, 0.4) is 0 Å². The highest BCUT2D eigenvalue weighted by Gasteiger charge is 2.25. The third-order valence-electron chi connectivity index (χ3n) is 5.24. The number of carbonyl (C=O) groups is 1. The van der Waals surface area contributed by atoms with Gasteiger partial charge in [-0.3, -0.25) is 4.79 Å². The highest BCUT2D eigenvalue weighted by atomic mass is 32.2. The summed E-state index contributed by atoms with van der Waals surface area (Å²) >= 11 is 1.09. The summed E-state index contributed by atoms with van der Waals surface area (Å²) in [6, 6.07) is 21.5. The average molecular weight is 480 g/mol. The van der Waals surface area contributed by atoms with Gasteiger partial charge in [0.05, 0.1) is 21.7 Å². The SMILES string of the molecule is Cc1ccc(S(=O)(=O)n2c(SCC(=O)Nc3ccc(C(C)C)cc3)nc3ccccc32)cc1. The summed E-state index contributed by atoms with van der Waals surface area (Å²) in [4.78, 5) is 17.2. The third kappa shape index (κ3) is 4.96. The molecule has 0 saturated heterocycles. The third-order valence-corrected chi connectivity index (χ3v) is 8.02. The molecule has 4 aromatic rings. The Bertz CT molecular complexity index is 1390. The first-order valence-corrected chi connectivity index (χ1v) is 13.0. The molecule has 4 rings (SSSR count). The maximum Gasteiger partial charge on any atom is 0.270 e. The number of nitrogens with one attached hydrogen (secondary N) is 1. The van der Waals surface area contributed by atoms with Crippen LogP contribution in [0.4, 0.5) is 5.69 Å². The number of anilines is 1. The first-order valence-electron chi connectivity index (χ1n) is 10.6. The molecule has 0 aliphatic carbocycles.